The molecule has 29 heavy (non-hydrogen) atoms. The summed E-state index contributed by atoms with van der Waals surface area (Å²) in [4.78, 5) is 15.9. The van der Waals surface area contributed by atoms with Gasteiger partial charge in [-0.3, -0.25) is 0 Å². The monoisotopic (exact) mass is 398 g/mol. The molecule has 0 aliphatic heterocycles. The number of carbonyl (C=O) groups is 1. The Bertz CT molecular complexity index is 892. The molecule has 2 unspecified atom stereocenters. The molecule has 1 amide bonds. The minimum absolute atomic E-state index is 0.111. The number of nitrogens with one attached hydrogen (secondary N) is 1. The second kappa shape index (κ2) is 8.19. The van der Waals surface area contributed by atoms with Crippen molar-refractivity contribution in [3.05, 3.63) is 41.5 Å². The maximum absolute atomic E-state index is 11.5. The van der Waals surface area contributed by atoms with Gasteiger partial charge in [0.25, 0.3) is 0 Å². The normalized spacial score (nSPS) is 17.2. The number of nitrogens with zero attached hydrogens (tertiary/aromatic N) is 1. The van der Waals surface area contributed by atoms with E-state index in [4.69, 9.17) is 20.9 Å². The first kappa shape index (κ1) is 20.8. The molecular weight excluding hydrogens is 368 g/mol. The fourth-order valence-corrected chi connectivity index (χ4v) is 4.03. The zero-order valence-corrected chi connectivity index (χ0v) is 17.5. The Morgan fingerprint density at radius 2 is 2.03 bits per heavy atom. The van der Waals surface area contributed by atoms with Crippen molar-refractivity contribution in [1.82, 2.24) is 4.98 Å². The number of nitrogens with two attached hydrogens (primary N) is 2. The van der Waals surface area contributed by atoms with Crippen molar-refractivity contribution in [3.63, 3.8) is 0 Å². The number of primary amides is 1. The second-order valence-corrected chi connectivity index (χ2v) is 8.55. The molecule has 1 heterocycles. The van der Waals surface area contributed by atoms with Crippen LogP contribution in [0.4, 0.5) is 22.0 Å². The van der Waals surface area contributed by atoms with Crippen LogP contribution < -0.4 is 21.5 Å². The number of fused-ring (bicyclic) bond motifs is 1. The highest BCUT2D eigenvalue weighted by atomic mass is 16.6. The number of hydrogen-bond donors (Lipinski definition) is 3. The van der Waals surface area contributed by atoms with Crippen molar-refractivity contribution in [1.29, 1.82) is 0 Å². The van der Waals surface area contributed by atoms with Crippen LogP contribution in [0.15, 0.2) is 30.3 Å². The van der Waals surface area contributed by atoms with E-state index in [1.165, 1.54) is 11.1 Å². The summed E-state index contributed by atoms with van der Waals surface area (Å²) in [6.07, 6.45) is 1.94. The number of aromatic nitrogens is 1. The number of rotatable bonds is 5. The SMILES string of the molecule is COc1ccc(N)c(Nc2ccc3c(c2)CCCC3C(OC(N)=O)C(C)(C)C)n1. The smallest absolute Gasteiger partial charge is 0.404 e. The van der Waals surface area contributed by atoms with Gasteiger partial charge in [-0.05, 0) is 54.0 Å². The average Bonchev–Trinajstić information content (AvgIpc) is 2.66. The van der Waals surface area contributed by atoms with Crippen LogP contribution in [-0.4, -0.2) is 24.3 Å². The summed E-state index contributed by atoms with van der Waals surface area (Å²) in [6, 6.07) is 9.70. The number of pyridine rings is 1. The molecule has 0 spiro atoms. The standard InChI is InChI=1S/C22H30N4O3/c1-22(2,3)19(29-21(24)27)16-7-5-6-13-12-14(8-9-15(13)16)25-20-17(23)10-11-18(26-20)28-4/h8-12,16,19H,5-7,23H2,1-4H3,(H2,24,27)(H,25,26). The van der Waals surface area contributed by atoms with Crippen molar-refractivity contribution >= 4 is 23.3 Å². The van der Waals surface area contributed by atoms with Crippen LogP contribution in [-0.2, 0) is 11.2 Å². The Labute approximate surface area is 171 Å². The van der Waals surface area contributed by atoms with E-state index in [9.17, 15) is 4.79 Å². The first-order chi connectivity index (χ1) is 13.7. The van der Waals surface area contributed by atoms with Gasteiger partial charge < -0.3 is 26.3 Å². The van der Waals surface area contributed by atoms with Gasteiger partial charge in [-0.1, -0.05) is 26.8 Å². The predicted molar refractivity (Wildman–Crippen MR) is 115 cm³/mol. The number of ether oxygens (including phenoxy) is 2. The molecular formula is C22H30N4O3. The van der Waals surface area contributed by atoms with Gasteiger partial charge in [0.1, 0.15) is 6.10 Å². The van der Waals surface area contributed by atoms with Crippen LogP contribution in [0.5, 0.6) is 5.88 Å². The van der Waals surface area contributed by atoms with Gasteiger partial charge in [0.2, 0.25) is 5.88 Å². The number of nitrogen functional groups attached to an aromatic ring is 1. The van der Waals surface area contributed by atoms with E-state index in [-0.39, 0.29) is 17.4 Å². The maximum Gasteiger partial charge on any atom is 0.404 e. The van der Waals surface area contributed by atoms with Crippen LogP contribution in [0, 0.1) is 5.41 Å². The molecule has 1 aliphatic carbocycles. The molecule has 0 bridgehead atoms. The summed E-state index contributed by atoms with van der Waals surface area (Å²) >= 11 is 0. The second-order valence-electron chi connectivity index (χ2n) is 8.55. The Balaban J connectivity index is 1.90. The van der Waals surface area contributed by atoms with E-state index >= 15 is 0 Å². The van der Waals surface area contributed by atoms with Gasteiger partial charge >= 0.3 is 6.09 Å². The maximum atomic E-state index is 11.5. The van der Waals surface area contributed by atoms with E-state index in [1.807, 2.05) is 6.07 Å². The van der Waals surface area contributed by atoms with E-state index < -0.39 is 6.09 Å². The lowest BCUT2D eigenvalue weighted by molar-refractivity contribution is 0.0142. The minimum Gasteiger partial charge on any atom is -0.481 e. The summed E-state index contributed by atoms with van der Waals surface area (Å²) in [7, 11) is 1.57. The third-order valence-corrected chi connectivity index (χ3v) is 5.34. The Morgan fingerprint density at radius 1 is 1.28 bits per heavy atom. The average molecular weight is 399 g/mol. The molecule has 1 aromatic heterocycles. The van der Waals surface area contributed by atoms with Gasteiger partial charge in [0.15, 0.2) is 5.82 Å². The zero-order chi connectivity index (χ0) is 21.2. The van der Waals surface area contributed by atoms with Crippen LogP contribution in [0.2, 0.25) is 0 Å². The van der Waals surface area contributed by atoms with E-state index in [2.05, 4.69) is 43.2 Å². The fraction of sp³-hybridized carbons (Fsp3) is 0.455. The molecule has 0 saturated heterocycles. The van der Waals surface area contributed by atoms with Crippen molar-refractivity contribution < 1.29 is 14.3 Å². The lowest BCUT2D eigenvalue weighted by atomic mass is 9.72. The highest BCUT2D eigenvalue weighted by Crippen LogP contribution is 2.42. The van der Waals surface area contributed by atoms with Crippen LogP contribution in [0.25, 0.3) is 0 Å². The summed E-state index contributed by atoms with van der Waals surface area (Å²) in [5.41, 5.74) is 15.1. The molecule has 156 valence electrons. The Hall–Kier alpha value is -2.96. The number of amides is 1. The summed E-state index contributed by atoms with van der Waals surface area (Å²) in [5.74, 6) is 1.16. The minimum atomic E-state index is -0.727. The Kier molecular flexibility index (Phi) is 5.86. The van der Waals surface area contributed by atoms with Crippen LogP contribution >= 0.6 is 0 Å². The van der Waals surface area contributed by atoms with Gasteiger partial charge in [0, 0.05) is 17.7 Å². The number of benzene rings is 1. The fourth-order valence-electron chi connectivity index (χ4n) is 4.03. The molecule has 7 nitrogen and oxygen atoms in total. The largest absolute Gasteiger partial charge is 0.481 e. The lowest BCUT2D eigenvalue weighted by Gasteiger charge is -2.39. The molecule has 3 rings (SSSR count). The van der Waals surface area contributed by atoms with E-state index in [0.29, 0.717) is 17.4 Å². The molecule has 0 saturated carbocycles. The van der Waals surface area contributed by atoms with Gasteiger partial charge in [0.05, 0.1) is 12.8 Å². The highest BCUT2D eigenvalue weighted by molar-refractivity contribution is 5.70. The van der Waals surface area contributed by atoms with Gasteiger partial charge in [-0.2, -0.15) is 4.98 Å². The zero-order valence-electron chi connectivity index (χ0n) is 17.5. The molecule has 2 atom stereocenters. The molecule has 0 fully saturated rings. The van der Waals surface area contributed by atoms with Crippen molar-refractivity contribution in [3.8, 4) is 5.88 Å². The first-order valence-corrected chi connectivity index (χ1v) is 9.85. The number of methoxy groups -OCH3 is 1. The molecule has 0 radical (unpaired) electrons. The van der Waals surface area contributed by atoms with E-state index in [0.717, 1.165) is 24.9 Å². The van der Waals surface area contributed by atoms with Gasteiger partial charge in [-0.15, -0.1) is 0 Å². The van der Waals surface area contributed by atoms with Crippen LogP contribution in [0.1, 0.15) is 50.7 Å². The van der Waals surface area contributed by atoms with Crippen molar-refractivity contribution in [2.45, 2.75) is 52.1 Å². The van der Waals surface area contributed by atoms with Crippen LogP contribution in [0.3, 0.4) is 0 Å². The number of anilines is 3. The Morgan fingerprint density at radius 3 is 2.69 bits per heavy atom. The quantitative estimate of drug-likeness (QED) is 0.690. The van der Waals surface area contributed by atoms with E-state index in [1.54, 1.807) is 19.2 Å². The number of carbonyl (C=O) groups excluding carboxylic acids is 1. The third-order valence-electron chi connectivity index (χ3n) is 5.34. The number of aryl methyl sites for hydroxylation is 1. The highest BCUT2D eigenvalue weighted by Gasteiger charge is 2.38. The molecule has 1 aliphatic rings. The van der Waals surface area contributed by atoms with Gasteiger partial charge in [-0.25, -0.2) is 4.79 Å². The molecule has 7 heteroatoms. The summed E-state index contributed by atoms with van der Waals surface area (Å²) in [5, 5.41) is 3.28. The molecule has 2 aromatic rings. The lowest BCUT2D eigenvalue weighted by Crippen LogP contribution is -2.39. The summed E-state index contributed by atoms with van der Waals surface area (Å²) < 4.78 is 10.7. The topological polar surface area (TPSA) is 112 Å². The van der Waals surface area contributed by atoms with Crippen molar-refractivity contribution in [2.24, 2.45) is 11.1 Å². The third kappa shape index (κ3) is 4.72. The molecule has 1 aromatic carbocycles. The predicted octanol–water partition coefficient (Wildman–Crippen LogP) is 4.35. The molecule has 5 N–H and O–H groups in total. The number of hydrogen-bond acceptors (Lipinski definition) is 6. The van der Waals surface area contributed by atoms with Crippen molar-refractivity contribution in [2.75, 3.05) is 18.2 Å². The summed E-state index contributed by atoms with van der Waals surface area (Å²) in [6.45, 7) is 6.21. The first-order valence-electron chi connectivity index (χ1n) is 9.85.